The van der Waals surface area contributed by atoms with E-state index in [4.69, 9.17) is 19.4 Å². The van der Waals surface area contributed by atoms with E-state index in [1.807, 2.05) is 60.7 Å². The van der Waals surface area contributed by atoms with Gasteiger partial charge in [0, 0.05) is 27.5 Å². The van der Waals surface area contributed by atoms with Gasteiger partial charge in [-0.05, 0) is 84.9 Å². The van der Waals surface area contributed by atoms with Crippen LogP contribution in [0.1, 0.15) is 0 Å². The lowest BCUT2D eigenvalue weighted by molar-refractivity contribution is 0.669. The van der Waals surface area contributed by atoms with Crippen LogP contribution < -0.4 is 0 Å². The summed E-state index contributed by atoms with van der Waals surface area (Å²) in [5.41, 5.74) is 9.10. The van der Waals surface area contributed by atoms with Gasteiger partial charge in [-0.1, -0.05) is 158 Å². The Kier molecular flexibility index (Phi) is 7.14. The number of hydrogen-bond acceptors (Lipinski definition) is 4. The minimum atomic E-state index is 0.636. The van der Waals surface area contributed by atoms with Gasteiger partial charge in [0.1, 0.15) is 11.2 Å². The van der Waals surface area contributed by atoms with Gasteiger partial charge in [0.25, 0.3) is 0 Å². The smallest absolute Gasteiger partial charge is 0.164 e. The Morgan fingerprint density at radius 1 is 0.291 bits per heavy atom. The van der Waals surface area contributed by atoms with Crippen LogP contribution in [0.2, 0.25) is 0 Å². The molecular weight excluding hydrogens is 671 g/mol. The second kappa shape index (κ2) is 12.6. The summed E-state index contributed by atoms with van der Waals surface area (Å²) in [6.07, 6.45) is 0. The molecule has 2 aromatic heterocycles. The van der Waals surface area contributed by atoms with Crippen LogP contribution in [0.5, 0.6) is 0 Å². The molecule has 0 unspecified atom stereocenters. The van der Waals surface area contributed by atoms with E-state index in [0.717, 1.165) is 71.7 Å². The molecule has 0 aliphatic heterocycles. The molecular formula is C51H31N3O. The summed E-state index contributed by atoms with van der Waals surface area (Å²) in [5, 5.41) is 9.37. The van der Waals surface area contributed by atoms with E-state index < -0.39 is 0 Å². The lowest BCUT2D eigenvalue weighted by Gasteiger charge is -2.13. The Balaban J connectivity index is 1.06. The molecule has 0 aliphatic carbocycles. The summed E-state index contributed by atoms with van der Waals surface area (Å²) in [7, 11) is 0. The molecule has 0 fully saturated rings. The fourth-order valence-corrected chi connectivity index (χ4v) is 8.07. The molecule has 4 nitrogen and oxygen atoms in total. The van der Waals surface area contributed by atoms with Crippen molar-refractivity contribution in [1.29, 1.82) is 0 Å². The lowest BCUT2D eigenvalue weighted by Crippen LogP contribution is -2.00. The van der Waals surface area contributed by atoms with Gasteiger partial charge in [-0.2, -0.15) is 0 Å². The maximum atomic E-state index is 6.62. The first-order valence-electron chi connectivity index (χ1n) is 18.5. The maximum absolute atomic E-state index is 6.62. The lowest BCUT2D eigenvalue weighted by atomic mass is 9.92. The van der Waals surface area contributed by atoms with Gasteiger partial charge in [0.2, 0.25) is 0 Å². The molecule has 55 heavy (non-hydrogen) atoms. The molecule has 11 rings (SSSR count). The third kappa shape index (κ3) is 5.26. The molecule has 0 atom stereocenters. The fraction of sp³-hybridized carbons (Fsp3) is 0. The fourth-order valence-electron chi connectivity index (χ4n) is 8.07. The number of aromatic nitrogens is 3. The Bertz CT molecular complexity index is 3200. The van der Waals surface area contributed by atoms with Crippen molar-refractivity contribution in [3.05, 3.63) is 188 Å². The zero-order valence-electron chi connectivity index (χ0n) is 29.6. The van der Waals surface area contributed by atoms with Crippen LogP contribution in [0, 0.1) is 0 Å². The van der Waals surface area contributed by atoms with E-state index in [2.05, 4.69) is 127 Å². The van der Waals surface area contributed by atoms with Crippen molar-refractivity contribution in [1.82, 2.24) is 15.0 Å². The highest BCUT2D eigenvalue weighted by atomic mass is 16.3. The number of rotatable bonds is 5. The first-order valence-corrected chi connectivity index (χ1v) is 18.5. The van der Waals surface area contributed by atoms with Gasteiger partial charge >= 0.3 is 0 Å². The Hall–Kier alpha value is -7.43. The zero-order chi connectivity index (χ0) is 36.3. The average molecular weight is 702 g/mol. The van der Waals surface area contributed by atoms with Gasteiger partial charge < -0.3 is 4.42 Å². The topological polar surface area (TPSA) is 51.8 Å². The molecule has 0 bridgehead atoms. The van der Waals surface area contributed by atoms with Crippen molar-refractivity contribution >= 4 is 54.3 Å². The molecule has 0 amide bonds. The SMILES string of the molecule is c1ccc(-c2nc(-c3ccccc3)nc(-c3ccc(-c4cccc5oc6cc(-c7ccc8ccc9ccccc9c8c7)ccc6c45)c4ccccc34)n2)cc1. The molecule has 0 saturated heterocycles. The predicted octanol–water partition coefficient (Wildman–Crippen LogP) is 13.6. The Morgan fingerprint density at radius 3 is 1.60 bits per heavy atom. The molecule has 0 spiro atoms. The van der Waals surface area contributed by atoms with Gasteiger partial charge in [0.05, 0.1) is 0 Å². The number of fused-ring (bicyclic) bond motifs is 7. The third-order valence-corrected chi connectivity index (χ3v) is 10.7. The normalized spacial score (nSPS) is 11.6. The first kappa shape index (κ1) is 31.1. The molecule has 2 heterocycles. The summed E-state index contributed by atoms with van der Waals surface area (Å²) >= 11 is 0. The van der Waals surface area contributed by atoms with E-state index in [1.165, 1.54) is 21.5 Å². The van der Waals surface area contributed by atoms with Crippen LogP contribution in [0.3, 0.4) is 0 Å². The zero-order valence-corrected chi connectivity index (χ0v) is 29.6. The summed E-state index contributed by atoms with van der Waals surface area (Å²) in [6, 6.07) is 65.8. The molecule has 4 heteroatoms. The highest BCUT2D eigenvalue weighted by Gasteiger charge is 2.19. The Morgan fingerprint density at radius 2 is 0.855 bits per heavy atom. The first-order chi connectivity index (χ1) is 27.2. The standard InChI is InChI=1S/C51H31N3O/c1-3-13-34(14-4-1)49-52-50(35-15-5-2-6-16-35)54-51(53-49)43-29-28-41(39-18-9-10-19-40(39)43)42-20-11-21-46-48(42)44-27-26-37(31-47(44)55-46)36-25-24-33-23-22-32-12-7-8-17-38(32)45(33)30-36/h1-31H. The van der Waals surface area contributed by atoms with Crippen molar-refractivity contribution in [2.24, 2.45) is 0 Å². The van der Waals surface area contributed by atoms with Crippen molar-refractivity contribution in [3.63, 3.8) is 0 Å². The van der Waals surface area contributed by atoms with E-state index in [-0.39, 0.29) is 0 Å². The van der Waals surface area contributed by atoms with E-state index >= 15 is 0 Å². The third-order valence-electron chi connectivity index (χ3n) is 10.7. The number of benzene rings is 9. The van der Waals surface area contributed by atoms with Crippen LogP contribution in [-0.4, -0.2) is 15.0 Å². The highest BCUT2D eigenvalue weighted by molar-refractivity contribution is 6.17. The molecule has 0 saturated carbocycles. The minimum Gasteiger partial charge on any atom is -0.456 e. The van der Waals surface area contributed by atoms with Crippen LogP contribution >= 0.6 is 0 Å². The van der Waals surface area contributed by atoms with E-state index in [9.17, 15) is 0 Å². The number of furan rings is 1. The highest BCUT2D eigenvalue weighted by Crippen LogP contribution is 2.42. The van der Waals surface area contributed by atoms with Crippen LogP contribution in [0.4, 0.5) is 0 Å². The summed E-state index contributed by atoms with van der Waals surface area (Å²) < 4.78 is 6.62. The monoisotopic (exact) mass is 701 g/mol. The molecule has 11 aromatic rings. The van der Waals surface area contributed by atoms with Crippen LogP contribution in [-0.2, 0) is 0 Å². The van der Waals surface area contributed by atoms with Gasteiger partial charge in [-0.15, -0.1) is 0 Å². The van der Waals surface area contributed by atoms with Crippen molar-refractivity contribution in [2.75, 3.05) is 0 Å². The van der Waals surface area contributed by atoms with Crippen molar-refractivity contribution in [3.8, 4) is 56.4 Å². The second-order valence-corrected chi connectivity index (χ2v) is 14.0. The largest absolute Gasteiger partial charge is 0.456 e. The molecule has 0 N–H and O–H groups in total. The summed E-state index contributed by atoms with van der Waals surface area (Å²) in [5.74, 6) is 1.92. The van der Waals surface area contributed by atoms with Crippen molar-refractivity contribution < 1.29 is 4.42 Å². The molecule has 0 radical (unpaired) electrons. The van der Waals surface area contributed by atoms with Crippen molar-refractivity contribution in [2.45, 2.75) is 0 Å². The summed E-state index contributed by atoms with van der Waals surface area (Å²) in [6.45, 7) is 0. The number of hydrogen-bond donors (Lipinski definition) is 0. The van der Waals surface area contributed by atoms with Crippen LogP contribution in [0.15, 0.2) is 192 Å². The van der Waals surface area contributed by atoms with Crippen LogP contribution in [0.25, 0.3) is 111 Å². The minimum absolute atomic E-state index is 0.636. The molecule has 256 valence electrons. The second-order valence-electron chi connectivity index (χ2n) is 14.0. The predicted molar refractivity (Wildman–Crippen MR) is 227 cm³/mol. The van der Waals surface area contributed by atoms with Gasteiger partial charge in [0.15, 0.2) is 17.5 Å². The molecule has 9 aromatic carbocycles. The maximum Gasteiger partial charge on any atom is 0.164 e. The van der Waals surface area contributed by atoms with Gasteiger partial charge in [-0.3, -0.25) is 0 Å². The quantitative estimate of drug-likeness (QED) is 0.168. The molecule has 0 aliphatic rings. The average Bonchev–Trinajstić information content (AvgIpc) is 3.65. The van der Waals surface area contributed by atoms with E-state index in [0.29, 0.717) is 17.5 Å². The van der Waals surface area contributed by atoms with E-state index in [1.54, 1.807) is 0 Å². The Labute approximate surface area is 317 Å². The van der Waals surface area contributed by atoms with Gasteiger partial charge in [-0.25, -0.2) is 15.0 Å². The number of nitrogens with zero attached hydrogens (tertiary/aromatic N) is 3. The summed E-state index contributed by atoms with van der Waals surface area (Å²) in [4.78, 5) is 15.0.